The van der Waals surface area contributed by atoms with E-state index in [4.69, 9.17) is 9.47 Å². The molecule has 0 unspecified atom stereocenters. The summed E-state index contributed by atoms with van der Waals surface area (Å²) in [5, 5.41) is 17.5. The molecular weight excluding hydrogens is 336 g/mol. The number of esters is 1. The standard InChI is InChI=1S/C18H22N4O4/c1-9-15(26-16-7-12(18(24)25-3)10-6-11(10)16)5-4-13(19-9)17-14(8-23)22(2)21-20-17/h4-5,10-12,16,23H,6-8H2,1-3H3/t10-,11+,12+,16+/m1/s1. The molecule has 0 radical (unpaired) electrons. The number of ether oxygens (including phenoxy) is 2. The quantitative estimate of drug-likeness (QED) is 0.803. The number of aliphatic hydroxyl groups is 1. The average Bonchev–Trinajstić information content (AvgIpc) is 3.22. The van der Waals surface area contributed by atoms with Crippen molar-refractivity contribution in [2.75, 3.05) is 7.11 Å². The Morgan fingerprint density at radius 1 is 1.35 bits per heavy atom. The van der Waals surface area contributed by atoms with E-state index in [-0.39, 0.29) is 24.6 Å². The van der Waals surface area contributed by atoms with E-state index in [0.29, 0.717) is 41.1 Å². The van der Waals surface area contributed by atoms with Gasteiger partial charge >= 0.3 is 5.97 Å². The zero-order valence-electron chi connectivity index (χ0n) is 15.0. The minimum absolute atomic E-state index is 0.0277. The Bertz CT molecular complexity index is 850. The Hall–Kier alpha value is -2.48. The summed E-state index contributed by atoms with van der Waals surface area (Å²) in [5.41, 5.74) is 2.58. The van der Waals surface area contributed by atoms with Gasteiger partial charge in [0.1, 0.15) is 17.5 Å². The van der Waals surface area contributed by atoms with Gasteiger partial charge in [-0.05, 0) is 43.7 Å². The number of methoxy groups -OCH3 is 1. The van der Waals surface area contributed by atoms with Crippen molar-refractivity contribution in [2.45, 2.75) is 32.5 Å². The van der Waals surface area contributed by atoms with Crippen LogP contribution < -0.4 is 4.74 Å². The van der Waals surface area contributed by atoms with Crippen molar-refractivity contribution in [1.82, 2.24) is 20.0 Å². The van der Waals surface area contributed by atoms with Gasteiger partial charge in [-0.25, -0.2) is 9.67 Å². The van der Waals surface area contributed by atoms with Crippen LogP contribution in [0.3, 0.4) is 0 Å². The van der Waals surface area contributed by atoms with Crippen LogP contribution in [-0.4, -0.2) is 44.3 Å². The number of aryl methyl sites for hydroxylation is 2. The Labute approximate surface area is 151 Å². The number of carbonyl (C=O) groups is 1. The maximum Gasteiger partial charge on any atom is 0.309 e. The molecule has 4 atom stereocenters. The largest absolute Gasteiger partial charge is 0.488 e. The van der Waals surface area contributed by atoms with E-state index in [9.17, 15) is 9.90 Å². The lowest BCUT2D eigenvalue weighted by Crippen LogP contribution is -2.22. The molecular formula is C18H22N4O4. The number of rotatable bonds is 5. The number of pyridine rings is 1. The van der Waals surface area contributed by atoms with Gasteiger partial charge < -0.3 is 14.6 Å². The van der Waals surface area contributed by atoms with Crippen LogP contribution in [0.2, 0.25) is 0 Å². The highest BCUT2D eigenvalue weighted by molar-refractivity contribution is 5.74. The minimum Gasteiger partial charge on any atom is -0.488 e. The molecule has 8 heteroatoms. The Kier molecular flexibility index (Phi) is 4.14. The number of aromatic nitrogens is 4. The van der Waals surface area contributed by atoms with Crippen LogP contribution in [0.15, 0.2) is 12.1 Å². The first-order chi connectivity index (χ1) is 12.5. The zero-order chi connectivity index (χ0) is 18.4. The van der Waals surface area contributed by atoms with Gasteiger partial charge in [-0.15, -0.1) is 5.10 Å². The molecule has 0 spiro atoms. The van der Waals surface area contributed by atoms with E-state index in [1.807, 2.05) is 19.1 Å². The fourth-order valence-electron chi connectivity index (χ4n) is 4.00. The van der Waals surface area contributed by atoms with Crippen molar-refractivity contribution in [3.8, 4) is 17.1 Å². The van der Waals surface area contributed by atoms with Gasteiger partial charge in [0.2, 0.25) is 0 Å². The number of carbonyl (C=O) groups excluding carboxylic acids is 1. The van der Waals surface area contributed by atoms with Gasteiger partial charge in [0.25, 0.3) is 0 Å². The van der Waals surface area contributed by atoms with Crippen molar-refractivity contribution >= 4 is 5.97 Å². The second-order valence-corrected chi connectivity index (χ2v) is 7.03. The molecule has 0 aromatic carbocycles. The average molecular weight is 358 g/mol. The molecule has 0 aliphatic heterocycles. The van der Waals surface area contributed by atoms with E-state index in [1.165, 1.54) is 11.8 Å². The summed E-state index contributed by atoms with van der Waals surface area (Å²) in [6, 6.07) is 3.69. The zero-order valence-corrected chi connectivity index (χ0v) is 15.0. The lowest BCUT2D eigenvalue weighted by atomic mass is 10.0. The molecule has 0 bridgehead atoms. The van der Waals surface area contributed by atoms with E-state index >= 15 is 0 Å². The summed E-state index contributed by atoms with van der Waals surface area (Å²) >= 11 is 0. The van der Waals surface area contributed by atoms with Gasteiger partial charge in [0.05, 0.1) is 36.7 Å². The molecule has 2 aliphatic carbocycles. The van der Waals surface area contributed by atoms with Crippen LogP contribution in [0.25, 0.3) is 11.4 Å². The summed E-state index contributed by atoms with van der Waals surface area (Å²) in [4.78, 5) is 16.4. The maximum absolute atomic E-state index is 11.9. The Morgan fingerprint density at radius 3 is 2.85 bits per heavy atom. The van der Waals surface area contributed by atoms with Crippen molar-refractivity contribution in [2.24, 2.45) is 24.8 Å². The van der Waals surface area contributed by atoms with Crippen molar-refractivity contribution in [1.29, 1.82) is 0 Å². The molecule has 26 heavy (non-hydrogen) atoms. The molecule has 1 N–H and O–H groups in total. The van der Waals surface area contributed by atoms with E-state index in [1.54, 1.807) is 7.05 Å². The maximum atomic E-state index is 11.9. The monoisotopic (exact) mass is 358 g/mol. The Balaban J connectivity index is 1.52. The predicted molar refractivity (Wildman–Crippen MR) is 91.0 cm³/mol. The fraction of sp³-hybridized carbons (Fsp3) is 0.556. The van der Waals surface area contributed by atoms with Gasteiger partial charge in [-0.1, -0.05) is 5.21 Å². The molecule has 4 rings (SSSR count). The summed E-state index contributed by atoms with van der Waals surface area (Å²) in [6.45, 7) is 1.73. The second kappa shape index (κ2) is 6.35. The predicted octanol–water partition coefficient (Wildman–Crippen LogP) is 1.25. The molecule has 138 valence electrons. The third kappa shape index (κ3) is 2.74. The van der Waals surface area contributed by atoms with Crippen LogP contribution in [0.4, 0.5) is 0 Å². The number of aliphatic hydroxyl groups excluding tert-OH is 1. The molecule has 2 heterocycles. The van der Waals surface area contributed by atoms with E-state index < -0.39 is 0 Å². The molecule has 0 saturated heterocycles. The number of fused-ring (bicyclic) bond motifs is 1. The molecule has 2 fully saturated rings. The fourth-order valence-corrected chi connectivity index (χ4v) is 4.00. The second-order valence-electron chi connectivity index (χ2n) is 7.03. The van der Waals surface area contributed by atoms with E-state index in [0.717, 1.165) is 12.1 Å². The van der Waals surface area contributed by atoms with Crippen LogP contribution in [0, 0.1) is 24.7 Å². The molecule has 8 nitrogen and oxygen atoms in total. The highest BCUT2D eigenvalue weighted by atomic mass is 16.5. The smallest absolute Gasteiger partial charge is 0.309 e. The van der Waals surface area contributed by atoms with Crippen LogP contribution in [0.1, 0.15) is 24.2 Å². The lowest BCUT2D eigenvalue weighted by molar-refractivity contribution is -0.146. The Morgan fingerprint density at radius 2 is 2.15 bits per heavy atom. The molecule has 2 aliphatic rings. The molecule has 0 amide bonds. The number of hydrogen-bond donors (Lipinski definition) is 1. The number of nitrogens with zero attached hydrogens (tertiary/aromatic N) is 4. The molecule has 2 aromatic rings. The summed E-state index contributed by atoms with van der Waals surface area (Å²) in [5.74, 6) is 1.36. The highest BCUT2D eigenvalue weighted by Gasteiger charge is 2.58. The SMILES string of the molecule is COC(=O)[C@H]1C[C@H](Oc2ccc(-c3nnn(C)c3CO)nc2C)[C@H]2C[C@H]21. The van der Waals surface area contributed by atoms with Crippen molar-refractivity contribution < 1.29 is 19.4 Å². The highest BCUT2D eigenvalue weighted by Crippen LogP contribution is 2.56. The molecule has 2 saturated carbocycles. The van der Waals surface area contributed by atoms with Crippen LogP contribution in [-0.2, 0) is 23.2 Å². The van der Waals surface area contributed by atoms with Crippen molar-refractivity contribution in [3.05, 3.63) is 23.5 Å². The van der Waals surface area contributed by atoms with Crippen molar-refractivity contribution in [3.63, 3.8) is 0 Å². The first-order valence-corrected chi connectivity index (χ1v) is 8.75. The first kappa shape index (κ1) is 17.0. The van der Waals surface area contributed by atoms with Gasteiger partial charge in [-0.2, -0.15) is 0 Å². The molecule has 2 aromatic heterocycles. The van der Waals surface area contributed by atoms with Crippen LogP contribution in [0.5, 0.6) is 5.75 Å². The normalized spacial score (nSPS) is 26.5. The lowest BCUT2D eigenvalue weighted by Gasteiger charge is -2.18. The third-order valence-electron chi connectivity index (χ3n) is 5.53. The van der Waals surface area contributed by atoms with Gasteiger partial charge in [0.15, 0.2) is 0 Å². The van der Waals surface area contributed by atoms with Gasteiger partial charge in [0, 0.05) is 7.05 Å². The first-order valence-electron chi connectivity index (χ1n) is 8.75. The van der Waals surface area contributed by atoms with Crippen LogP contribution >= 0.6 is 0 Å². The number of hydrogen-bond acceptors (Lipinski definition) is 7. The third-order valence-corrected chi connectivity index (χ3v) is 5.53. The summed E-state index contributed by atoms with van der Waals surface area (Å²) in [6.07, 6.45) is 1.75. The van der Waals surface area contributed by atoms with E-state index in [2.05, 4.69) is 15.3 Å². The van der Waals surface area contributed by atoms with Gasteiger partial charge in [-0.3, -0.25) is 4.79 Å². The summed E-state index contributed by atoms with van der Waals surface area (Å²) in [7, 11) is 3.17. The minimum atomic E-state index is -0.155. The topological polar surface area (TPSA) is 99.4 Å². The summed E-state index contributed by atoms with van der Waals surface area (Å²) < 4.78 is 12.6.